The van der Waals surface area contributed by atoms with Crippen molar-refractivity contribution in [1.29, 1.82) is 0 Å². The van der Waals surface area contributed by atoms with Crippen molar-refractivity contribution < 1.29 is 13.6 Å². The second-order valence-electron chi connectivity index (χ2n) is 9.49. The van der Waals surface area contributed by atoms with Crippen molar-refractivity contribution in [3.8, 4) is 0 Å². The summed E-state index contributed by atoms with van der Waals surface area (Å²) in [6.45, 7) is 7.09. The van der Waals surface area contributed by atoms with Gasteiger partial charge in [-0.1, -0.05) is 0 Å². The number of carbonyl (C=O) groups is 1. The van der Waals surface area contributed by atoms with Crippen molar-refractivity contribution in [2.24, 2.45) is 5.92 Å². The Bertz CT molecular complexity index is 1300. The summed E-state index contributed by atoms with van der Waals surface area (Å²) >= 11 is 1.47. The van der Waals surface area contributed by atoms with E-state index in [1.54, 1.807) is 6.20 Å². The number of aromatic nitrogens is 3. The first-order valence-electron chi connectivity index (χ1n) is 12.2. The fourth-order valence-corrected chi connectivity index (χ4v) is 6.07. The van der Waals surface area contributed by atoms with Crippen LogP contribution >= 0.6 is 11.8 Å². The van der Waals surface area contributed by atoms with Gasteiger partial charge in [0.25, 0.3) is 17.9 Å². The lowest BCUT2D eigenvalue weighted by atomic mass is 9.90. The van der Waals surface area contributed by atoms with Crippen LogP contribution in [-0.2, 0) is 6.54 Å². The third-order valence-electron chi connectivity index (χ3n) is 7.23. The number of aromatic amines is 1. The third-order valence-corrected chi connectivity index (χ3v) is 8.03. The van der Waals surface area contributed by atoms with Crippen LogP contribution in [0, 0.1) is 19.8 Å². The normalized spacial score (nSPS) is 16.1. The van der Waals surface area contributed by atoms with Gasteiger partial charge in [-0.05, 0) is 77.1 Å². The monoisotopic (exact) mass is 517 g/mol. The Morgan fingerprint density at radius 2 is 2.03 bits per heavy atom. The molecule has 10 heteroatoms. The van der Waals surface area contributed by atoms with E-state index in [0.717, 1.165) is 40.2 Å². The molecule has 0 saturated carbocycles. The number of piperidine rings is 1. The van der Waals surface area contributed by atoms with Gasteiger partial charge in [0.1, 0.15) is 5.65 Å². The van der Waals surface area contributed by atoms with E-state index in [4.69, 9.17) is 0 Å². The fourth-order valence-electron chi connectivity index (χ4n) is 5.36. The average molecular weight is 518 g/mol. The summed E-state index contributed by atoms with van der Waals surface area (Å²) in [5, 5.41) is 3.71. The summed E-state index contributed by atoms with van der Waals surface area (Å²) in [5.74, 6) is 0.0385. The first kappa shape index (κ1) is 26.3. The first-order chi connectivity index (χ1) is 17.2. The molecule has 1 aliphatic rings. The van der Waals surface area contributed by atoms with Crippen molar-refractivity contribution in [1.82, 2.24) is 24.8 Å². The SMILES string of the molecule is CSc1cc(C)[nH]c(=O)c1CNC(=O)c1c(C)n([C@H](C)C2CCN(CC(F)F)CC2)c2ncccc12. The number of halogens is 2. The van der Waals surface area contributed by atoms with Gasteiger partial charge in [-0.2, -0.15) is 0 Å². The molecule has 36 heavy (non-hydrogen) atoms. The van der Waals surface area contributed by atoms with Gasteiger partial charge >= 0.3 is 0 Å². The molecule has 7 nitrogen and oxygen atoms in total. The zero-order valence-electron chi connectivity index (χ0n) is 21.1. The van der Waals surface area contributed by atoms with E-state index in [1.165, 1.54) is 11.8 Å². The van der Waals surface area contributed by atoms with Crippen LogP contribution in [0.1, 0.15) is 53.1 Å². The average Bonchev–Trinajstić information content (AvgIpc) is 3.14. The Labute approximate surface area is 213 Å². The molecule has 1 amide bonds. The fraction of sp³-hybridized carbons (Fsp3) is 0.500. The number of hydrogen-bond acceptors (Lipinski definition) is 5. The molecule has 0 aliphatic carbocycles. The number of amides is 1. The van der Waals surface area contributed by atoms with Gasteiger partial charge in [-0.25, -0.2) is 13.8 Å². The van der Waals surface area contributed by atoms with Gasteiger partial charge in [-0.15, -0.1) is 11.8 Å². The molecule has 0 radical (unpaired) electrons. The molecule has 4 rings (SSSR count). The molecule has 1 fully saturated rings. The zero-order chi connectivity index (χ0) is 26.0. The maximum absolute atomic E-state index is 13.4. The van der Waals surface area contributed by atoms with Crippen LogP contribution in [0.25, 0.3) is 11.0 Å². The van der Waals surface area contributed by atoms with Gasteiger partial charge in [0.15, 0.2) is 0 Å². The van der Waals surface area contributed by atoms with Gasteiger partial charge in [0, 0.05) is 46.0 Å². The number of nitrogens with zero attached hydrogens (tertiary/aromatic N) is 3. The maximum Gasteiger partial charge on any atom is 0.254 e. The van der Waals surface area contributed by atoms with Crippen LogP contribution < -0.4 is 10.9 Å². The Hall–Kier alpha value is -2.72. The molecule has 3 aromatic heterocycles. The predicted octanol–water partition coefficient (Wildman–Crippen LogP) is 4.53. The van der Waals surface area contributed by atoms with E-state index in [-0.39, 0.29) is 30.6 Å². The highest BCUT2D eigenvalue weighted by molar-refractivity contribution is 7.98. The molecule has 3 aromatic rings. The number of rotatable bonds is 8. The van der Waals surface area contributed by atoms with Gasteiger partial charge in [0.2, 0.25) is 0 Å². The zero-order valence-corrected chi connectivity index (χ0v) is 21.9. The minimum atomic E-state index is -2.32. The van der Waals surface area contributed by atoms with Crippen LogP contribution in [0.15, 0.2) is 34.1 Å². The quantitative estimate of drug-likeness (QED) is 0.429. The van der Waals surface area contributed by atoms with Crippen molar-refractivity contribution >= 4 is 28.7 Å². The number of aryl methyl sites for hydroxylation is 1. The number of fused-ring (bicyclic) bond motifs is 1. The summed E-state index contributed by atoms with van der Waals surface area (Å²) in [6.07, 6.45) is 2.93. The topological polar surface area (TPSA) is 83.0 Å². The number of nitrogens with one attached hydrogen (secondary N) is 2. The van der Waals surface area contributed by atoms with Crippen LogP contribution in [0.5, 0.6) is 0 Å². The smallest absolute Gasteiger partial charge is 0.254 e. The molecule has 1 atom stereocenters. The number of thioether (sulfide) groups is 1. The lowest BCUT2D eigenvalue weighted by molar-refractivity contribution is 0.0630. The van der Waals surface area contributed by atoms with E-state index >= 15 is 0 Å². The molecule has 0 spiro atoms. The summed E-state index contributed by atoms with van der Waals surface area (Å²) in [4.78, 5) is 36.0. The molecule has 2 N–H and O–H groups in total. The highest BCUT2D eigenvalue weighted by Crippen LogP contribution is 2.35. The second kappa shape index (κ2) is 11.1. The minimum Gasteiger partial charge on any atom is -0.348 e. The second-order valence-corrected chi connectivity index (χ2v) is 10.3. The molecule has 0 bridgehead atoms. The van der Waals surface area contributed by atoms with Crippen molar-refractivity contribution in [2.45, 2.75) is 57.5 Å². The van der Waals surface area contributed by atoms with Gasteiger partial charge < -0.3 is 14.9 Å². The van der Waals surface area contributed by atoms with E-state index in [0.29, 0.717) is 30.1 Å². The van der Waals surface area contributed by atoms with Crippen molar-refractivity contribution in [2.75, 3.05) is 25.9 Å². The molecular formula is C26H33F2N5O2S. The van der Waals surface area contributed by atoms with Gasteiger partial charge in [-0.3, -0.25) is 14.5 Å². The number of pyridine rings is 2. The molecule has 0 aromatic carbocycles. The highest BCUT2D eigenvalue weighted by atomic mass is 32.2. The van der Waals surface area contributed by atoms with E-state index in [9.17, 15) is 18.4 Å². The van der Waals surface area contributed by atoms with E-state index in [1.807, 2.05) is 43.2 Å². The summed E-state index contributed by atoms with van der Waals surface area (Å²) in [6, 6.07) is 5.67. The number of H-pyrrole nitrogens is 1. The highest BCUT2D eigenvalue weighted by Gasteiger charge is 2.30. The number of carbonyl (C=O) groups excluding carboxylic acids is 1. The standard InChI is InChI=1S/C26H33F2N5O2S/c1-15-12-21(36-4)20(25(34)31-15)13-30-26(35)23-17(3)33(24-19(23)6-5-9-29-24)16(2)18-7-10-32(11-8-18)14-22(27)28/h5-6,9,12,16,18,22H,7-8,10-11,13-14H2,1-4H3,(H,30,35)(H,31,34)/t16-/m1/s1. The number of alkyl halides is 2. The van der Waals surface area contributed by atoms with Crippen LogP contribution in [0.3, 0.4) is 0 Å². The number of likely N-dealkylation sites (tertiary alicyclic amines) is 1. The summed E-state index contributed by atoms with van der Waals surface area (Å²) < 4.78 is 27.7. The van der Waals surface area contributed by atoms with Crippen LogP contribution in [0.4, 0.5) is 8.78 Å². The minimum absolute atomic E-state index is 0.0562. The van der Waals surface area contributed by atoms with Crippen molar-refractivity contribution in [3.63, 3.8) is 0 Å². The van der Waals surface area contributed by atoms with Crippen LogP contribution in [-0.4, -0.2) is 57.7 Å². The Kier molecular flexibility index (Phi) is 8.14. The Balaban J connectivity index is 1.59. The largest absolute Gasteiger partial charge is 0.348 e. The summed E-state index contributed by atoms with van der Waals surface area (Å²) in [5.41, 5.74) is 3.21. The lowest BCUT2D eigenvalue weighted by Gasteiger charge is -2.35. The molecule has 194 valence electrons. The van der Waals surface area contributed by atoms with E-state index < -0.39 is 6.43 Å². The molecule has 1 saturated heterocycles. The molecular weight excluding hydrogens is 484 g/mol. The van der Waals surface area contributed by atoms with Gasteiger partial charge in [0.05, 0.1) is 12.1 Å². The Morgan fingerprint density at radius 1 is 1.31 bits per heavy atom. The van der Waals surface area contributed by atoms with Crippen molar-refractivity contribution in [3.05, 3.63) is 57.3 Å². The maximum atomic E-state index is 13.4. The molecule has 1 aliphatic heterocycles. The lowest BCUT2D eigenvalue weighted by Crippen LogP contribution is -2.38. The van der Waals surface area contributed by atoms with E-state index in [2.05, 4.69) is 26.8 Å². The predicted molar refractivity (Wildman–Crippen MR) is 139 cm³/mol. The third kappa shape index (κ3) is 5.34. The Morgan fingerprint density at radius 3 is 2.69 bits per heavy atom. The summed E-state index contributed by atoms with van der Waals surface area (Å²) in [7, 11) is 0. The molecule has 4 heterocycles. The first-order valence-corrected chi connectivity index (χ1v) is 13.4. The number of hydrogen-bond donors (Lipinski definition) is 2. The van der Waals surface area contributed by atoms with Crippen LogP contribution in [0.2, 0.25) is 0 Å². The molecule has 0 unspecified atom stereocenters.